The number of carbonyl (C=O) groups is 1. The standard InChI is InChI=1S/C27H28N2O5/c1-3-5-6-7-8-9-17-18-12-16-14-29-22(24(16)28-21(18)10-11-23(17)30)13-20-19(25(29)31)15-34-26(32)27(20,33)4-2/h7-8,10-13,30,33H,3-6,9,14-15H2,1-2H3. The Hall–Kier alpha value is -3.45. The third-order valence-electron chi connectivity index (χ3n) is 6.99. The summed E-state index contributed by atoms with van der Waals surface area (Å²) in [6, 6.07) is 7.13. The molecule has 2 aliphatic heterocycles. The molecule has 0 amide bonds. The molecule has 0 saturated carbocycles. The number of ether oxygens (including phenoxy) is 1. The molecule has 0 saturated heterocycles. The molecule has 7 heteroatoms. The Labute approximate surface area is 197 Å². The van der Waals surface area contributed by atoms with Crippen molar-refractivity contribution in [2.75, 3.05) is 0 Å². The zero-order chi connectivity index (χ0) is 24.0. The quantitative estimate of drug-likeness (QED) is 0.255. The Morgan fingerprint density at radius 1 is 1.21 bits per heavy atom. The Bertz CT molecular complexity index is 1400. The summed E-state index contributed by atoms with van der Waals surface area (Å²) in [5.74, 6) is -0.509. The number of phenolic OH excluding ortho intramolecular Hbond substituents is 1. The first-order chi connectivity index (χ1) is 16.4. The number of pyridine rings is 2. The van der Waals surface area contributed by atoms with E-state index in [9.17, 15) is 19.8 Å². The molecule has 1 aromatic carbocycles. The molecule has 3 aromatic rings. The number of aromatic nitrogens is 2. The van der Waals surface area contributed by atoms with Crippen LogP contribution in [0.4, 0.5) is 0 Å². The maximum Gasteiger partial charge on any atom is 0.343 e. The summed E-state index contributed by atoms with van der Waals surface area (Å²) in [4.78, 5) is 30.5. The molecule has 1 atom stereocenters. The summed E-state index contributed by atoms with van der Waals surface area (Å²) in [6.45, 7) is 4.03. The number of aliphatic hydroxyl groups is 1. The fourth-order valence-corrected chi connectivity index (χ4v) is 4.96. The van der Waals surface area contributed by atoms with E-state index in [-0.39, 0.29) is 24.3 Å². The second kappa shape index (κ2) is 8.40. The summed E-state index contributed by atoms with van der Waals surface area (Å²) < 4.78 is 6.75. The smallest absolute Gasteiger partial charge is 0.343 e. The van der Waals surface area contributed by atoms with Crippen molar-refractivity contribution in [1.82, 2.24) is 9.55 Å². The van der Waals surface area contributed by atoms with Crippen LogP contribution in [0.5, 0.6) is 5.75 Å². The first-order valence-electron chi connectivity index (χ1n) is 11.9. The molecule has 2 N–H and O–H groups in total. The molecule has 2 aliphatic rings. The number of unbranched alkanes of at least 4 members (excludes halogenated alkanes) is 2. The molecule has 0 spiro atoms. The van der Waals surface area contributed by atoms with Gasteiger partial charge in [0.05, 0.1) is 29.0 Å². The third-order valence-corrected chi connectivity index (χ3v) is 6.99. The average molecular weight is 461 g/mol. The van der Waals surface area contributed by atoms with E-state index in [1.54, 1.807) is 29.7 Å². The predicted octanol–water partition coefficient (Wildman–Crippen LogP) is 4.07. The van der Waals surface area contributed by atoms with Crippen LogP contribution in [0, 0.1) is 0 Å². The maximum absolute atomic E-state index is 13.3. The molecule has 5 rings (SSSR count). The molecule has 34 heavy (non-hydrogen) atoms. The van der Waals surface area contributed by atoms with Crippen molar-refractivity contribution in [1.29, 1.82) is 0 Å². The van der Waals surface area contributed by atoms with Gasteiger partial charge in [-0.25, -0.2) is 9.78 Å². The number of benzene rings is 1. The van der Waals surface area contributed by atoms with Crippen molar-refractivity contribution in [2.45, 2.75) is 64.7 Å². The topological polar surface area (TPSA) is 102 Å². The normalized spacial score (nSPS) is 18.7. The lowest BCUT2D eigenvalue weighted by Gasteiger charge is -2.31. The van der Waals surface area contributed by atoms with E-state index in [0.717, 1.165) is 41.3 Å². The van der Waals surface area contributed by atoms with Gasteiger partial charge in [-0.1, -0.05) is 38.8 Å². The van der Waals surface area contributed by atoms with Crippen LogP contribution >= 0.6 is 0 Å². The SMILES string of the molecule is CCCCC=CCc1c(O)ccc2nc3c(cc12)Cn1c-3cc2c(c1=O)COC(=O)C2(O)CC. The van der Waals surface area contributed by atoms with Gasteiger partial charge in [0.1, 0.15) is 12.4 Å². The summed E-state index contributed by atoms with van der Waals surface area (Å²) in [5, 5.41) is 22.4. The number of hydrogen-bond donors (Lipinski definition) is 2. The number of nitrogens with zero attached hydrogens (tertiary/aromatic N) is 2. The Morgan fingerprint density at radius 3 is 2.79 bits per heavy atom. The van der Waals surface area contributed by atoms with Crippen LogP contribution in [0.15, 0.2) is 41.2 Å². The molecule has 1 unspecified atom stereocenters. The number of esters is 1. The third kappa shape index (κ3) is 3.34. The molecule has 4 heterocycles. The molecule has 0 bridgehead atoms. The summed E-state index contributed by atoms with van der Waals surface area (Å²) in [6.07, 6.45) is 8.20. The highest BCUT2D eigenvalue weighted by molar-refractivity contribution is 5.89. The van der Waals surface area contributed by atoms with Crippen LogP contribution in [0.3, 0.4) is 0 Å². The zero-order valence-electron chi connectivity index (χ0n) is 19.4. The van der Waals surface area contributed by atoms with Gasteiger partial charge in [0, 0.05) is 22.1 Å². The fraction of sp³-hybridized carbons (Fsp3) is 0.370. The monoisotopic (exact) mass is 460 g/mol. The maximum atomic E-state index is 13.3. The van der Waals surface area contributed by atoms with Gasteiger partial charge in [0.25, 0.3) is 5.56 Å². The highest BCUT2D eigenvalue weighted by Crippen LogP contribution is 2.39. The van der Waals surface area contributed by atoms with Gasteiger partial charge in [-0.15, -0.1) is 0 Å². The van der Waals surface area contributed by atoms with Gasteiger partial charge in [0.2, 0.25) is 0 Å². The van der Waals surface area contributed by atoms with Crippen molar-refractivity contribution < 1.29 is 19.7 Å². The van der Waals surface area contributed by atoms with Crippen molar-refractivity contribution in [3.63, 3.8) is 0 Å². The number of allylic oxidation sites excluding steroid dienone is 2. The lowest BCUT2D eigenvalue weighted by molar-refractivity contribution is -0.172. The van der Waals surface area contributed by atoms with Gasteiger partial charge in [-0.3, -0.25) is 4.79 Å². The van der Waals surface area contributed by atoms with Crippen molar-refractivity contribution in [3.8, 4) is 17.1 Å². The van der Waals surface area contributed by atoms with Crippen LogP contribution in [-0.2, 0) is 34.7 Å². The average Bonchev–Trinajstić information content (AvgIpc) is 3.19. The number of hydrogen-bond acceptors (Lipinski definition) is 6. The Morgan fingerprint density at radius 2 is 2.03 bits per heavy atom. The van der Waals surface area contributed by atoms with E-state index in [2.05, 4.69) is 19.1 Å². The van der Waals surface area contributed by atoms with Gasteiger partial charge in [0.15, 0.2) is 5.60 Å². The van der Waals surface area contributed by atoms with Gasteiger partial charge in [-0.05, 0) is 43.5 Å². The molecule has 7 nitrogen and oxygen atoms in total. The largest absolute Gasteiger partial charge is 0.508 e. The van der Waals surface area contributed by atoms with E-state index in [1.165, 1.54) is 0 Å². The molecule has 0 aliphatic carbocycles. The molecule has 0 fully saturated rings. The number of rotatable bonds is 6. The van der Waals surface area contributed by atoms with Crippen LogP contribution in [0.2, 0.25) is 0 Å². The van der Waals surface area contributed by atoms with E-state index in [4.69, 9.17) is 9.72 Å². The van der Waals surface area contributed by atoms with Crippen molar-refractivity contribution >= 4 is 16.9 Å². The van der Waals surface area contributed by atoms with E-state index in [0.29, 0.717) is 35.5 Å². The lowest BCUT2D eigenvalue weighted by Crippen LogP contribution is -2.44. The number of fused-ring (bicyclic) bond motifs is 5. The van der Waals surface area contributed by atoms with Crippen molar-refractivity contribution in [3.05, 3.63) is 69.0 Å². The molecule has 176 valence electrons. The van der Waals surface area contributed by atoms with E-state index < -0.39 is 11.6 Å². The molecular weight excluding hydrogens is 432 g/mol. The first kappa shape index (κ1) is 22.3. The molecule has 2 aromatic heterocycles. The second-order valence-electron chi connectivity index (χ2n) is 9.05. The fourth-order valence-electron chi connectivity index (χ4n) is 4.96. The van der Waals surface area contributed by atoms with Crippen LogP contribution in [-0.4, -0.2) is 25.7 Å². The first-order valence-corrected chi connectivity index (χ1v) is 11.9. The predicted molar refractivity (Wildman–Crippen MR) is 129 cm³/mol. The van der Waals surface area contributed by atoms with Crippen LogP contribution < -0.4 is 5.56 Å². The zero-order valence-corrected chi connectivity index (χ0v) is 19.4. The minimum Gasteiger partial charge on any atom is -0.508 e. The lowest BCUT2D eigenvalue weighted by atomic mass is 9.86. The van der Waals surface area contributed by atoms with Crippen LogP contribution in [0.1, 0.15) is 61.8 Å². The number of carbonyl (C=O) groups excluding carboxylic acids is 1. The molecular formula is C27H28N2O5. The molecule has 0 radical (unpaired) electrons. The Kier molecular flexibility index (Phi) is 5.52. The highest BCUT2D eigenvalue weighted by Gasteiger charge is 2.45. The van der Waals surface area contributed by atoms with Crippen LogP contribution in [0.25, 0.3) is 22.3 Å². The number of phenols is 1. The minimum absolute atomic E-state index is 0.105. The summed E-state index contributed by atoms with van der Waals surface area (Å²) in [7, 11) is 0. The van der Waals surface area contributed by atoms with E-state index in [1.807, 2.05) is 6.07 Å². The van der Waals surface area contributed by atoms with Gasteiger partial charge >= 0.3 is 5.97 Å². The summed E-state index contributed by atoms with van der Waals surface area (Å²) >= 11 is 0. The highest BCUT2D eigenvalue weighted by atomic mass is 16.6. The van der Waals surface area contributed by atoms with Crippen molar-refractivity contribution in [2.24, 2.45) is 0 Å². The second-order valence-corrected chi connectivity index (χ2v) is 9.05. The summed E-state index contributed by atoms with van der Waals surface area (Å²) in [5.41, 5.74) is 2.11. The van der Waals surface area contributed by atoms with Gasteiger partial charge < -0.3 is 19.5 Å². The van der Waals surface area contributed by atoms with E-state index >= 15 is 0 Å². The van der Waals surface area contributed by atoms with Gasteiger partial charge in [-0.2, -0.15) is 0 Å². The number of cyclic esters (lactones) is 1. The minimum atomic E-state index is -1.84. The number of aromatic hydroxyl groups is 1. The Balaban J connectivity index is 1.62.